The summed E-state index contributed by atoms with van der Waals surface area (Å²) in [4.78, 5) is 18.0. The average Bonchev–Trinajstić information content (AvgIpc) is 2.89. The van der Waals surface area contributed by atoms with Gasteiger partial charge in [-0.05, 0) is 36.5 Å². The zero-order valence-corrected chi connectivity index (χ0v) is 11.6. The molecule has 2 rings (SSSR count). The third-order valence-electron chi connectivity index (χ3n) is 3.32. The van der Waals surface area contributed by atoms with Crippen LogP contribution in [-0.2, 0) is 11.3 Å². The number of nitrogens with one attached hydrogen (secondary N) is 1. The van der Waals surface area contributed by atoms with E-state index in [0.29, 0.717) is 18.9 Å². The zero-order chi connectivity index (χ0) is 13.7. The van der Waals surface area contributed by atoms with Gasteiger partial charge in [-0.3, -0.25) is 4.79 Å². The van der Waals surface area contributed by atoms with E-state index >= 15 is 0 Å². The van der Waals surface area contributed by atoms with Crippen molar-refractivity contribution >= 4 is 11.7 Å². The van der Waals surface area contributed by atoms with Crippen molar-refractivity contribution in [2.45, 2.75) is 25.8 Å². The average molecular weight is 259 g/mol. The maximum Gasteiger partial charge on any atom is 0.220 e. The van der Waals surface area contributed by atoms with Crippen molar-refractivity contribution in [3.05, 3.63) is 36.0 Å². The molecule has 19 heavy (non-hydrogen) atoms. The fourth-order valence-electron chi connectivity index (χ4n) is 2.19. The molecule has 0 fully saturated rings. The lowest BCUT2D eigenvalue weighted by Gasteiger charge is -2.13. The zero-order valence-electron chi connectivity index (χ0n) is 11.6. The predicted molar refractivity (Wildman–Crippen MR) is 76.9 cm³/mol. The van der Waals surface area contributed by atoms with Crippen molar-refractivity contribution in [1.29, 1.82) is 0 Å². The lowest BCUT2D eigenvalue weighted by atomic mass is 10.1. The van der Waals surface area contributed by atoms with E-state index in [-0.39, 0.29) is 5.91 Å². The van der Waals surface area contributed by atoms with Gasteiger partial charge in [0.05, 0.1) is 0 Å². The summed E-state index contributed by atoms with van der Waals surface area (Å²) in [5, 5.41) is 2.97. The molecule has 0 radical (unpaired) electrons. The van der Waals surface area contributed by atoms with Gasteiger partial charge in [-0.25, -0.2) is 4.98 Å². The molecule has 1 heterocycles. The van der Waals surface area contributed by atoms with Crippen LogP contribution in [0.15, 0.2) is 30.5 Å². The second-order valence-electron chi connectivity index (χ2n) is 5.16. The Bertz CT molecular complexity index is 468. The summed E-state index contributed by atoms with van der Waals surface area (Å²) in [7, 11) is 3.91. The van der Waals surface area contributed by atoms with Crippen LogP contribution in [0.5, 0.6) is 0 Å². The monoisotopic (exact) mass is 259 g/mol. The highest BCUT2D eigenvalue weighted by Gasteiger charge is 2.13. The van der Waals surface area contributed by atoms with E-state index in [9.17, 15) is 4.79 Å². The van der Waals surface area contributed by atoms with Crippen molar-refractivity contribution in [3.63, 3.8) is 0 Å². The molecule has 4 nitrogen and oxygen atoms in total. The number of rotatable bonds is 5. The van der Waals surface area contributed by atoms with Crippen molar-refractivity contribution in [2.75, 3.05) is 19.0 Å². The van der Waals surface area contributed by atoms with E-state index in [1.165, 1.54) is 0 Å². The highest BCUT2D eigenvalue weighted by Crippen LogP contribution is 2.20. The van der Waals surface area contributed by atoms with E-state index in [1.54, 1.807) is 6.20 Å². The van der Waals surface area contributed by atoms with Crippen LogP contribution in [0.1, 0.15) is 24.8 Å². The number of allylic oxidation sites excluding steroid dienone is 2. The maximum absolute atomic E-state index is 11.8. The van der Waals surface area contributed by atoms with E-state index in [0.717, 1.165) is 24.2 Å². The lowest BCUT2D eigenvalue weighted by Crippen LogP contribution is -2.24. The number of carbonyl (C=O) groups excluding carboxylic acids is 1. The molecule has 1 N–H and O–H groups in total. The normalized spacial score (nSPS) is 17.5. The quantitative estimate of drug-likeness (QED) is 0.824. The van der Waals surface area contributed by atoms with Gasteiger partial charge in [-0.2, -0.15) is 0 Å². The second-order valence-corrected chi connectivity index (χ2v) is 5.16. The molecule has 102 valence electrons. The highest BCUT2D eigenvalue weighted by molar-refractivity contribution is 5.76. The van der Waals surface area contributed by atoms with Crippen LogP contribution in [0, 0.1) is 5.92 Å². The number of carbonyl (C=O) groups is 1. The van der Waals surface area contributed by atoms with Gasteiger partial charge in [0.15, 0.2) is 0 Å². The van der Waals surface area contributed by atoms with Gasteiger partial charge in [0, 0.05) is 33.3 Å². The number of aromatic nitrogens is 1. The van der Waals surface area contributed by atoms with Gasteiger partial charge in [-0.15, -0.1) is 0 Å². The molecule has 0 saturated heterocycles. The first-order chi connectivity index (χ1) is 9.15. The van der Waals surface area contributed by atoms with Crippen molar-refractivity contribution < 1.29 is 4.79 Å². The van der Waals surface area contributed by atoms with Crippen LogP contribution in [0.25, 0.3) is 0 Å². The SMILES string of the molecule is CN(C)c1cc(CNC(=O)C[C@@H]2C=CCC2)ccn1. The Kier molecular flexibility index (Phi) is 4.55. The summed E-state index contributed by atoms with van der Waals surface area (Å²) < 4.78 is 0. The fraction of sp³-hybridized carbons (Fsp3) is 0.467. The predicted octanol–water partition coefficient (Wildman–Crippen LogP) is 2.12. The van der Waals surface area contributed by atoms with Gasteiger partial charge < -0.3 is 10.2 Å². The summed E-state index contributed by atoms with van der Waals surface area (Å²) in [5.41, 5.74) is 1.08. The largest absolute Gasteiger partial charge is 0.363 e. The van der Waals surface area contributed by atoms with E-state index in [2.05, 4.69) is 22.5 Å². The molecule has 1 aliphatic carbocycles. The molecule has 1 aromatic heterocycles. The molecular weight excluding hydrogens is 238 g/mol. The number of amides is 1. The molecule has 0 saturated carbocycles. The minimum absolute atomic E-state index is 0.125. The van der Waals surface area contributed by atoms with Crippen LogP contribution in [0.4, 0.5) is 5.82 Å². The highest BCUT2D eigenvalue weighted by atomic mass is 16.1. The number of hydrogen-bond donors (Lipinski definition) is 1. The smallest absolute Gasteiger partial charge is 0.220 e. The van der Waals surface area contributed by atoms with Crippen LogP contribution in [-0.4, -0.2) is 25.0 Å². The summed E-state index contributed by atoms with van der Waals surface area (Å²) in [5.74, 6) is 1.46. The number of pyridine rings is 1. The lowest BCUT2D eigenvalue weighted by molar-refractivity contribution is -0.121. The number of nitrogens with zero attached hydrogens (tertiary/aromatic N) is 2. The van der Waals surface area contributed by atoms with Crippen molar-refractivity contribution in [1.82, 2.24) is 10.3 Å². The minimum Gasteiger partial charge on any atom is -0.363 e. The maximum atomic E-state index is 11.8. The van der Waals surface area contributed by atoms with Crippen LogP contribution in [0.3, 0.4) is 0 Å². The van der Waals surface area contributed by atoms with Crippen molar-refractivity contribution in [3.8, 4) is 0 Å². The molecule has 4 heteroatoms. The Morgan fingerprint density at radius 1 is 1.53 bits per heavy atom. The Morgan fingerprint density at radius 3 is 3.05 bits per heavy atom. The molecule has 0 unspecified atom stereocenters. The van der Waals surface area contributed by atoms with Crippen molar-refractivity contribution in [2.24, 2.45) is 5.92 Å². The topological polar surface area (TPSA) is 45.2 Å². The summed E-state index contributed by atoms with van der Waals surface area (Å²) >= 11 is 0. The van der Waals surface area contributed by atoms with Gasteiger partial charge in [0.25, 0.3) is 0 Å². The molecule has 1 amide bonds. The Hall–Kier alpha value is -1.84. The van der Waals surface area contributed by atoms with Gasteiger partial charge >= 0.3 is 0 Å². The van der Waals surface area contributed by atoms with E-state index < -0.39 is 0 Å². The van der Waals surface area contributed by atoms with E-state index in [1.807, 2.05) is 31.1 Å². The number of anilines is 1. The number of hydrogen-bond acceptors (Lipinski definition) is 3. The summed E-state index contributed by atoms with van der Waals surface area (Å²) in [6.07, 6.45) is 8.89. The van der Waals surface area contributed by atoms with Crippen LogP contribution >= 0.6 is 0 Å². The fourth-order valence-corrected chi connectivity index (χ4v) is 2.19. The standard InChI is InChI=1S/C15H21N3O/c1-18(2)14-9-13(7-8-16-14)11-17-15(19)10-12-5-3-4-6-12/h3,5,7-9,12H,4,6,10-11H2,1-2H3,(H,17,19)/t12-/m1/s1. The molecule has 1 atom stereocenters. The van der Waals surface area contributed by atoms with Gasteiger partial charge in [0.2, 0.25) is 5.91 Å². The third kappa shape index (κ3) is 4.09. The molecule has 0 aromatic carbocycles. The first kappa shape index (κ1) is 13.6. The molecule has 0 spiro atoms. The first-order valence-electron chi connectivity index (χ1n) is 6.71. The molecule has 0 bridgehead atoms. The Morgan fingerprint density at radius 2 is 2.37 bits per heavy atom. The van der Waals surface area contributed by atoms with Crippen LogP contribution in [0.2, 0.25) is 0 Å². The second kappa shape index (κ2) is 6.36. The molecule has 1 aliphatic rings. The first-order valence-corrected chi connectivity index (χ1v) is 6.71. The van der Waals surface area contributed by atoms with Gasteiger partial charge in [0.1, 0.15) is 5.82 Å². The molecular formula is C15H21N3O. The third-order valence-corrected chi connectivity index (χ3v) is 3.32. The van der Waals surface area contributed by atoms with Gasteiger partial charge in [-0.1, -0.05) is 12.2 Å². The van der Waals surface area contributed by atoms with Crippen LogP contribution < -0.4 is 10.2 Å². The summed E-state index contributed by atoms with van der Waals surface area (Å²) in [6, 6.07) is 3.93. The Labute approximate surface area is 114 Å². The summed E-state index contributed by atoms with van der Waals surface area (Å²) in [6.45, 7) is 0.568. The minimum atomic E-state index is 0.125. The Balaban J connectivity index is 1.82. The molecule has 1 aromatic rings. The van der Waals surface area contributed by atoms with E-state index in [4.69, 9.17) is 0 Å². The molecule has 0 aliphatic heterocycles.